The maximum atomic E-state index is 12.5. The van der Waals surface area contributed by atoms with Crippen molar-refractivity contribution in [2.75, 3.05) is 34.7 Å². The molecule has 1 aliphatic carbocycles. The Bertz CT molecular complexity index is 473. The number of aromatic hydroxyl groups is 1. The van der Waals surface area contributed by atoms with Gasteiger partial charge in [0.2, 0.25) is 5.91 Å². The maximum absolute atomic E-state index is 12.5. The van der Waals surface area contributed by atoms with Gasteiger partial charge in [-0.2, -0.15) is 0 Å². The molecule has 0 bridgehead atoms. The minimum atomic E-state index is -0.401. The van der Waals surface area contributed by atoms with Crippen molar-refractivity contribution in [2.45, 2.75) is 11.8 Å². The third kappa shape index (κ3) is 2.91. The summed E-state index contributed by atoms with van der Waals surface area (Å²) in [4.78, 5) is 16.3. The molecule has 1 saturated carbocycles. The lowest BCUT2D eigenvalue weighted by atomic mass is 9.91. The van der Waals surface area contributed by atoms with Crippen molar-refractivity contribution in [3.8, 4) is 5.75 Å². The van der Waals surface area contributed by atoms with Crippen LogP contribution >= 0.6 is 12.4 Å². The number of carbonyl (C=O) groups is 1. The standard InChI is InChI=1S/C15H22N2O2.ClH/c1-16(2)10-12-9-15(12,14(19)17(3)4)11-5-7-13(18)8-6-11;/h5-8,12,18H,9-10H2,1-4H3;1H/t12-,15+;/m1./s1. The summed E-state index contributed by atoms with van der Waals surface area (Å²) in [6, 6.07) is 7.05. The van der Waals surface area contributed by atoms with Crippen LogP contribution in [0.1, 0.15) is 12.0 Å². The quantitative estimate of drug-likeness (QED) is 0.920. The molecule has 1 amide bonds. The molecule has 1 N–H and O–H groups in total. The normalized spacial score (nSPS) is 24.1. The SMILES string of the molecule is CN(C)C[C@H]1C[C@]1(C(=O)N(C)C)c1ccc(O)cc1.Cl. The molecule has 0 heterocycles. The van der Waals surface area contributed by atoms with Crippen LogP contribution in [0.3, 0.4) is 0 Å². The molecule has 1 aromatic rings. The summed E-state index contributed by atoms with van der Waals surface area (Å²) >= 11 is 0. The van der Waals surface area contributed by atoms with Crippen LogP contribution in [-0.4, -0.2) is 55.5 Å². The predicted molar refractivity (Wildman–Crippen MR) is 82.4 cm³/mol. The highest BCUT2D eigenvalue weighted by molar-refractivity contribution is 5.91. The molecule has 0 radical (unpaired) electrons. The van der Waals surface area contributed by atoms with E-state index in [9.17, 15) is 9.90 Å². The third-order valence-corrected chi connectivity index (χ3v) is 3.86. The zero-order chi connectivity index (χ0) is 14.2. The largest absolute Gasteiger partial charge is 0.508 e. The minimum absolute atomic E-state index is 0. The van der Waals surface area contributed by atoms with E-state index in [0.717, 1.165) is 18.5 Å². The van der Waals surface area contributed by atoms with Gasteiger partial charge in [0.25, 0.3) is 0 Å². The number of benzene rings is 1. The molecule has 0 aromatic heterocycles. The van der Waals surface area contributed by atoms with Crippen molar-refractivity contribution in [2.24, 2.45) is 5.92 Å². The zero-order valence-electron chi connectivity index (χ0n) is 12.5. The van der Waals surface area contributed by atoms with Gasteiger partial charge in [0, 0.05) is 20.6 Å². The van der Waals surface area contributed by atoms with Crippen LogP contribution in [0, 0.1) is 5.92 Å². The predicted octanol–water partition coefficient (Wildman–Crippen LogP) is 1.72. The summed E-state index contributed by atoms with van der Waals surface area (Å²) in [7, 11) is 7.66. The molecule has 2 rings (SSSR count). The van der Waals surface area contributed by atoms with Gasteiger partial charge >= 0.3 is 0 Å². The molecular weight excluding hydrogens is 276 g/mol. The summed E-state index contributed by atoms with van der Waals surface area (Å²) < 4.78 is 0. The number of hydrogen-bond acceptors (Lipinski definition) is 3. The first-order valence-corrected chi connectivity index (χ1v) is 6.54. The van der Waals surface area contributed by atoms with Crippen LogP contribution in [-0.2, 0) is 10.2 Å². The molecule has 0 saturated heterocycles. The van der Waals surface area contributed by atoms with Crippen LogP contribution in [0.15, 0.2) is 24.3 Å². The zero-order valence-corrected chi connectivity index (χ0v) is 13.3. The van der Waals surface area contributed by atoms with Gasteiger partial charge in [-0.3, -0.25) is 4.79 Å². The van der Waals surface area contributed by atoms with E-state index in [2.05, 4.69) is 4.90 Å². The number of likely N-dealkylation sites (N-methyl/N-ethyl adjacent to an activating group) is 1. The Kier molecular flexibility index (Phi) is 5.05. The Balaban J connectivity index is 0.00000200. The molecule has 2 atom stereocenters. The summed E-state index contributed by atoms with van der Waals surface area (Å²) in [6.07, 6.45) is 0.882. The van der Waals surface area contributed by atoms with Crippen molar-refractivity contribution in [1.82, 2.24) is 9.80 Å². The van der Waals surface area contributed by atoms with E-state index in [0.29, 0.717) is 5.92 Å². The van der Waals surface area contributed by atoms with Gasteiger partial charge in [-0.25, -0.2) is 0 Å². The Labute approximate surface area is 126 Å². The Hall–Kier alpha value is -1.26. The second-order valence-electron chi connectivity index (χ2n) is 5.88. The highest BCUT2D eigenvalue weighted by Gasteiger charge is 2.61. The van der Waals surface area contributed by atoms with E-state index in [1.54, 1.807) is 31.1 Å². The Morgan fingerprint density at radius 1 is 1.25 bits per heavy atom. The number of rotatable bonds is 4. The number of hydrogen-bond donors (Lipinski definition) is 1. The number of carbonyl (C=O) groups excluding carboxylic acids is 1. The first kappa shape index (κ1) is 16.8. The Morgan fingerprint density at radius 2 is 1.80 bits per heavy atom. The van der Waals surface area contributed by atoms with E-state index in [1.165, 1.54) is 0 Å². The van der Waals surface area contributed by atoms with Crippen molar-refractivity contribution in [3.05, 3.63) is 29.8 Å². The fourth-order valence-corrected chi connectivity index (χ4v) is 2.89. The van der Waals surface area contributed by atoms with Crippen molar-refractivity contribution < 1.29 is 9.90 Å². The number of nitrogens with zero attached hydrogens (tertiary/aromatic N) is 2. The van der Waals surface area contributed by atoms with Gasteiger partial charge in [-0.15, -0.1) is 12.4 Å². The van der Waals surface area contributed by atoms with Crippen LogP contribution in [0.2, 0.25) is 0 Å². The van der Waals surface area contributed by atoms with E-state index in [4.69, 9.17) is 0 Å². The molecule has 4 nitrogen and oxygen atoms in total. The molecule has 0 unspecified atom stereocenters. The van der Waals surface area contributed by atoms with Crippen LogP contribution in [0.25, 0.3) is 0 Å². The van der Waals surface area contributed by atoms with E-state index in [1.807, 2.05) is 26.2 Å². The van der Waals surface area contributed by atoms with Crippen LogP contribution in [0.4, 0.5) is 0 Å². The van der Waals surface area contributed by atoms with E-state index in [-0.39, 0.29) is 24.1 Å². The lowest BCUT2D eigenvalue weighted by Gasteiger charge is -2.23. The molecule has 1 fully saturated rings. The van der Waals surface area contributed by atoms with Gasteiger partial charge in [-0.1, -0.05) is 12.1 Å². The van der Waals surface area contributed by atoms with Crippen molar-refractivity contribution in [3.63, 3.8) is 0 Å². The molecule has 20 heavy (non-hydrogen) atoms. The monoisotopic (exact) mass is 298 g/mol. The molecule has 0 aliphatic heterocycles. The number of phenols is 1. The van der Waals surface area contributed by atoms with Gasteiger partial charge in [0.15, 0.2) is 0 Å². The molecule has 0 spiro atoms. The van der Waals surface area contributed by atoms with Gasteiger partial charge in [0.05, 0.1) is 5.41 Å². The second-order valence-corrected chi connectivity index (χ2v) is 5.88. The topological polar surface area (TPSA) is 43.8 Å². The molecular formula is C15H23ClN2O2. The molecule has 5 heteroatoms. The first-order chi connectivity index (χ1) is 8.87. The molecule has 1 aliphatic rings. The second kappa shape index (κ2) is 6.02. The third-order valence-electron chi connectivity index (χ3n) is 3.86. The summed E-state index contributed by atoms with van der Waals surface area (Å²) in [5.74, 6) is 0.744. The van der Waals surface area contributed by atoms with E-state index >= 15 is 0 Å². The lowest BCUT2D eigenvalue weighted by molar-refractivity contribution is -0.131. The molecule has 112 valence electrons. The first-order valence-electron chi connectivity index (χ1n) is 6.54. The number of halogens is 1. The van der Waals surface area contributed by atoms with Gasteiger partial charge in [0.1, 0.15) is 5.75 Å². The Morgan fingerprint density at radius 3 is 2.25 bits per heavy atom. The fourth-order valence-electron chi connectivity index (χ4n) is 2.89. The lowest BCUT2D eigenvalue weighted by Crippen LogP contribution is -2.36. The smallest absolute Gasteiger partial charge is 0.233 e. The highest BCUT2D eigenvalue weighted by Crippen LogP contribution is 2.55. The maximum Gasteiger partial charge on any atom is 0.233 e. The van der Waals surface area contributed by atoms with Gasteiger partial charge in [-0.05, 0) is 44.1 Å². The average molecular weight is 299 g/mol. The number of phenolic OH excluding ortho intramolecular Hbond substituents is 1. The number of amides is 1. The highest BCUT2D eigenvalue weighted by atomic mass is 35.5. The van der Waals surface area contributed by atoms with Crippen molar-refractivity contribution in [1.29, 1.82) is 0 Å². The summed E-state index contributed by atoms with van der Waals surface area (Å²) in [6.45, 7) is 0.903. The summed E-state index contributed by atoms with van der Waals surface area (Å²) in [5.41, 5.74) is 0.609. The molecule has 1 aromatic carbocycles. The van der Waals surface area contributed by atoms with Crippen LogP contribution < -0.4 is 0 Å². The summed E-state index contributed by atoms with van der Waals surface area (Å²) in [5, 5.41) is 9.40. The van der Waals surface area contributed by atoms with E-state index < -0.39 is 5.41 Å². The minimum Gasteiger partial charge on any atom is -0.508 e. The van der Waals surface area contributed by atoms with Crippen molar-refractivity contribution >= 4 is 18.3 Å². The van der Waals surface area contributed by atoms with Crippen LogP contribution in [0.5, 0.6) is 5.75 Å². The fraction of sp³-hybridized carbons (Fsp3) is 0.533. The average Bonchev–Trinajstić information content (AvgIpc) is 3.03. The van der Waals surface area contributed by atoms with Gasteiger partial charge < -0.3 is 14.9 Å².